The first-order chi connectivity index (χ1) is 20.0. The van der Waals surface area contributed by atoms with Crippen molar-refractivity contribution in [1.29, 1.82) is 0 Å². The van der Waals surface area contributed by atoms with E-state index in [2.05, 4.69) is 84.0 Å². The summed E-state index contributed by atoms with van der Waals surface area (Å²) >= 11 is 0. The summed E-state index contributed by atoms with van der Waals surface area (Å²) in [5, 5.41) is 0. The van der Waals surface area contributed by atoms with E-state index in [1.165, 1.54) is 60.9 Å². The van der Waals surface area contributed by atoms with Crippen LogP contribution in [0.4, 0.5) is 5.69 Å². The lowest BCUT2D eigenvalue weighted by Gasteiger charge is -2.40. The number of unbranched alkanes of at least 4 members (excludes halogenated alkanes) is 3. The number of benzene rings is 3. The fourth-order valence-electron chi connectivity index (χ4n) is 5.34. The van der Waals surface area contributed by atoms with Crippen LogP contribution in [-0.2, 0) is 19.3 Å². The van der Waals surface area contributed by atoms with Crippen LogP contribution >= 0.6 is 0 Å². The molecule has 0 saturated heterocycles. The lowest BCUT2D eigenvalue weighted by molar-refractivity contribution is 0.248. The minimum absolute atomic E-state index is 0.729. The maximum absolute atomic E-state index is 6.75. The van der Waals surface area contributed by atoms with E-state index in [1.807, 2.05) is 24.3 Å². The van der Waals surface area contributed by atoms with Crippen molar-refractivity contribution in [1.82, 2.24) is 4.48 Å². The van der Waals surface area contributed by atoms with Crippen LogP contribution in [0, 0.1) is 0 Å². The van der Waals surface area contributed by atoms with Gasteiger partial charge in [-0.15, -0.1) is 0 Å². The van der Waals surface area contributed by atoms with Crippen LogP contribution in [0.25, 0.3) is 0 Å². The zero-order valence-corrected chi connectivity index (χ0v) is 26.6. The Morgan fingerprint density at radius 1 is 0.512 bits per heavy atom. The summed E-state index contributed by atoms with van der Waals surface area (Å²) in [6, 6.07) is 23.2. The van der Waals surface area contributed by atoms with E-state index < -0.39 is 7.32 Å². The highest BCUT2D eigenvalue weighted by atomic mass is 16.7. The van der Waals surface area contributed by atoms with Gasteiger partial charge in [-0.05, 0) is 85.5 Å². The zero-order chi connectivity index (χ0) is 29.5. The van der Waals surface area contributed by atoms with Crippen molar-refractivity contribution in [3.05, 3.63) is 83.4 Å². The lowest BCUT2D eigenvalue weighted by atomic mass is 10.0. The van der Waals surface area contributed by atoms with E-state index in [4.69, 9.17) is 14.0 Å². The van der Waals surface area contributed by atoms with Gasteiger partial charge in [-0.25, -0.2) is 0 Å². The van der Waals surface area contributed by atoms with Crippen molar-refractivity contribution in [2.75, 3.05) is 19.6 Å². The molecule has 0 bridgehead atoms. The molecule has 0 aliphatic carbocycles. The van der Waals surface area contributed by atoms with E-state index in [0.717, 1.165) is 60.6 Å². The maximum atomic E-state index is 6.75. The van der Waals surface area contributed by atoms with Crippen LogP contribution < -0.4 is 18.4 Å². The molecule has 0 amide bonds. The molecule has 0 aliphatic heterocycles. The molecule has 0 fully saturated rings. The molecule has 0 aliphatic rings. The average molecular weight is 559 g/mol. The summed E-state index contributed by atoms with van der Waals surface area (Å²) in [5.74, 6) is 2.31. The van der Waals surface area contributed by atoms with E-state index in [0.29, 0.717) is 0 Å². The topological polar surface area (TPSA) is 27.7 Å². The second-order valence-electron chi connectivity index (χ2n) is 11.2. The Hall–Kier alpha value is -2.92. The standard InChI is InChI=1S/C36H53BNO3/c1-7-13-26-38(27-14-8-2,28-15-9-3)35-29-32(12-6)20-25-36(35)41-37(39-33-21-16-30(10-4)17-22-33)40-34-23-18-31(11-5)19-24-34/h16-25,29H,7-15,26-28H2,1-6H3/q+1. The molecule has 0 N–H and O–H groups in total. The van der Waals surface area contributed by atoms with Gasteiger partial charge in [0.2, 0.25) is 0 Å². The Balaban J connectivity index is 2.05. The summed E-state index contributed by atoms with van der Waals surface area (Å²) in [6.07, 6.45) is 10.1. The molecule has 5 heteroatoms. The quantitative estimate of drug-likeness (QED) is 0.108. The first-order valence-corrected chi connectivity index (χ1v) is 16.2. The summed E-state index contributed by atoms with van der Waals surface area (Å²) in [6.45, 7) is 16.8. The van der Waals surface area contributed by atoms with Gasteiger partial charge in [-0.1, -0.05) is 91.1 Å². The molecule has 0 heterocycles. The molecule has 222 valence electrons. The molecule has 0 saturated carbocycles. The Bertz CT molecular complexity index is 1080. The second-order valence-corrected chi connectivity index (χ2v) is 11.2. The molecule has 3 aromatic carbocycles. The second kappa shape index (κ2) is 17.1. The van der Waals surface area contributed by atoms with Gasteiger partial charge in [0.1, 0.15) is 11.5 Å². The molecule has 0 spiro atoms. The van der Waals surface area contributed by atoms with Gasteiger partial charge in [0.25, 0.3) is 0 Å². The van der Waals surface area contributed by atoms with Crippen molar-refractivity contribution in [3.63, 3.8) is 0 Å². The fraction of sp³-hybridized carbons (Fsp3) is 0.500. The molecular weight excluding hydrogens is 505 g/mol. The molecule has 4 nitrogen and oxygen atoms in total. The average Bonchev–Trinajstić information content (AvgIpc) is 3.02. The molecule has 0 radical (unpaired) electrons. The molecule has 0 unspecified atom stereocenters. The van der Waals surface area contributed by atoms with Gasteiger partial charge in [-0.2, -0.15) is 0 Å². The van der Waals surface area contributed by atoms with Crippen LogP contribution in [0.3, 0.4) is 0 Å². The van der Waals surface area contributed by atoms with Crippen LogP contribution in [-0.4, -0.2) is 27.0 Å². The monoisotopic (exact) mass is 558 g/mol. The van der Waals surface area contributed by atoms with Crippen LogP contribution in [0.15, 0.2) is 66.7 Å². The predicted molar refractivity (Wildman–Crippen MR) is 176 cm³/mol. The molecule has 3 rings (SSSR count). The fourth-order valence-corrected chi connectivity index (χ4v) is 5.34. The number of hydrogen-bond acceptors (Lipinski definition) is 3. The maximum Gasteiger partial charge on any atom is 0.864 e. The minimum atomic E-state index is -0.924. The first-order valence-electron chi connectivity index (χ1n) is 16.2. The SMILES string of the molecule is CCCC[N+](CCCC)(CCCC)c1cc(CC)ccc1OB(Oc1ccc(CC)cc1)Oc1ccc(CC)cc1. The van der Waals surface area contributed by atoms with Gasteiger partial charge < -0.3 is 14.0 Å². The van der Waals surface area contributed by atoms with Crippen LogP contribution in [0.5, 0.6) is 17.2 Å². The Labute approximate surface area is 250 Å². The number of aryl methyl sites for hydroxylation is 3. The smallest absolute Gasteiger partial charge is 0.490 e. The van der Waals surface area contributed by atoms with E-state index >= 15 is 0 Å². The Kier molecular flexibility index (Phi) is 13.6. The van der Waals surface area contributed by atoms with Crippen molar-refractivity contribution < 1.29 is 14.0 Å². The third-order valence-electron chi connectivity index (χ3n) is 8.11. The predicted octanol–water partition coefficient (Wildman–Crippen LogP) is 9.60. The third-order valence-corrected chi connectivity index (χ3v) is 8.11. The summed E-state index contributed by atoms with van der Waals surface area (Å²) < 4.78 is 20.5. The largest absolute Gasteiger partial charge is 0.864 e. The summed E-state index contributed by atoms with van der Waals surface area (Å²) in [5.41, 5.74) is 5.14. The summed E-state index contributed by atoms with van der Waals surface area (Å²) in [7, 11) is -0.924. The molecule has 0 atom stereocenters. The number of quaternary nitrogens is 1. The normalized spacial score (nSPS) is 11.4. The minimum Gasteiger partial charge on any atom is -0.490 e. The number of rotatable bonds is 19. The molecule has 3 aromatic rings. The number of hydrogen-bond donors (Lipinski definition) is 0. The van der Waals surface area contributed by atoms with Gasteiger partial charge in [-0.3, -0.25) is 4.48 Å². The van der Waals surface area contributed by atoms with Gasteiger partial charge >= 0.3 is 7.32 Å². The van der Waals surface area contributed by atoms with Crippen molar-refractivity contribution in [2.24, 2.45) is 0 Å². The van der Waals surface area contributed by atoms with Crippen molar-refractivity contribution >= 4 is 13.0 Å². The Morgan fingerprint density at radius 2 is 0.927 bits per heavy atom. The lowest BCUT2D eigenvalue weighted by Crippen LogP contribution is -2.52. The van der Waals surface area contributed by atoms with Gasteiger partial charge in [0, 0.05) is 6.07 Å². The van der Waals surface area contributed by atoms with Crippen LogP contribution in [0.1, 0.15) is 96.8 Å². The van der Waals surface area contributed by atoms with E-state index in [9.17, 15) is 0 Å². The Morgan fingerprint density at radius 3 is 1.32 bits per heavy atom. The van der Waals surface area contributed by atoms with Gasteiger partial charge in [0.15, 0.2) is 11.4 Å². The highest BCUT2D eigenvalue weighted by molar-refractivity contribution is 6.39. The molecule has 41 heavy (non-hydrogen) atoms. The third kappa shape index (κ3) is 9.56. The zero-order valence-electron chi connectivity index (χ0n) is 26.6. The van der Waals surface area contributed by atoms with Gasteiger partial charge in [0.05, 0.1) is 19.6 Å². The summed E-state index contributed by atoms with van der Waals surface area (Å²) in [4.78, 5) is 0. The van der Waals surface area contributed by atoms with E-state index in [1.54, 1.807) is 0 Å². The molecular formula is C36H53BNO3+. The highest BCUT2D eigenvalue weighted by Gasteiger charge is 2.37. The highest BCUT2D eigenvalue weighted by Crippen LogP contribution is 2.37. The van der Waals surface area contributed by atoms with Crippen molar-refractivity contribution in [2.45, 2.75) is 99.3 Å². The number of nitrogens with zero attached hydrogens (tertiary/aromatic N) is 1. The first kappa shape index (κ1) is 32.6. The molecule has 0 aromatic heterocycles. The van der Waals surface area contributed by atoms with Crippen molar-refractivity contribution in [3.8, 4) is 17.2 Å². The van der Waals surface area contributed by atoms with Crippen LogP contribution in [0.2, 0.25) is 0 Å². The van der Waals surface area contributed by atoms with E-state index in [-0.39, 0.29) is 0 Å².